The highest BCUT2D eigenvalue weighted by Crippen LogP contribution is 2.16. The molecule has 0 fully saturated rings. The molecule has 0 heterocycles. The molecule has 0 aromatic heterocycles. The summed E-state index contributed by atoms with van der Waals surface area (Å²) in [6.45, 7) is 0.873. The fraction of sp³-hybridized carbons (Fsp3) is 0.400. The summed E-state index contributed by atoms with van der Waals surface area (Å²) in [7, 11) is 0. The number of hydrogen-bond donors (Lipinski definition) is 1. The Bertz CT molecular complexity index is 279. The van der Waals surface area contributed by atoms with E-state index >= 15 is 0 Å². The van der Waals surface area contributed by atoms with Gasteiger partial charge in [-0.3, -0.25) is 0 Å². The summed E-state index contributed by atoms with van der Waals surface area (Å²) in [5, 5.41) is 9.77. The Labute approximate surface area is 101 Å². The number of halogens is 2. The summed E-state index contributed by atoms with van der Waals surface area (Å²) in [5.41, 5.74) is 1.09. The highest BCUT2D eigenvalue weighted by molar-refractivity contribution is 9.10. The van der Waals surface area contributed by atoms with Gasteiger partial charge in [0.05, 0.1) is 19.3 Å². The Morgan fingerprint density at radius 3 is 2.71 bits per heavy atom. The van der Waals surface area contributed by atoms with Crippen LogP contribution in [0.1, 0.15) is 5.56 Å². The average Bonchev–Trinajstić information content (AvgIpc) is 2.20. The highest BCUT2D eigenvalue weighted by atomic mass is 79.9. The van der Waals surface area contributed by atoms with Crippen LogP contribution in [0.15, 0.2) is 28.7 Å². The molecule has 14 heavy (non-hydrogen) atoms. The maximum atomic E-state index is 9.22. The third-order valence-electron chi connectivity index (χ3n) is 1.70. The van der Waals surface area contributed by atoms with E-state index in [1.807, 2.05) is 24.3 Å². The lowest BCUT2D eigenvalue weighted by molar-refractivity contribution is 0.0401. The quantitative estimate of drug-likeness (QED) is 0.844. The third-order valence-corrected chi connectivity index (χ3v) is 3.22. The minimum atomic E-state index is -0.433. The molecule has 0 aliphatic heterocycles. The van der Waals surface area contributed by atoms with Crippen LogP contribution in [0, 0.1) is 0 Å². The number of hydrogen-bond acceptors (Lipinski definition) is 2. The zero-order valence-corrected chi connectivity index (χ0v) is 10.8. The first-order valence-electron chi connectivity index (χ1n) is 4.29. The molecular formula is C10H12Br2O2. The van der Waals surface area contributed by atoms with Crippen LogP contribution in [0.25, 0.3) is 0 Å². The van der Waals surface area contributed by atoms with Crippen molar-refractivity contribution in [3.05, 3.63) is 34.3 Å². The van der Waals surface area contributed by atoms with Crippen LogP contribution in [-0.4, -0.2) is 23.1 Å². The van der Waals surface area contributed by atoms with Gasteiger partial charge >= 0.3 is 0 Å². The fourth-order valence-electron chi connectivity index (χ4n) is 0.965. The Morgan fingerprint density at radius 1 is 1.36 bits per heavy atom. The SMILES string of the molecule is OC(CBr)COCc1ccccc1Br. The summed E-state index contributed by atoms with van der Waals surface area (Å²) in [4.78, 5) is 0. The molecule has 1 N–H and O–H groups in total. The van der Waals surface area contributed by atoms with E-state index in [0.29, 0.717) is 18.5 Å². The molecule has 0 amide bonds. The van der Waals surface area contributed by atoms with Gasteiger partial charge in [-0.2, -0.15) is 0 Å². The fourth-order valence-corrected chi connectivity index (χ4v) is 1.55. The van der Waals surface area contributed by atoms with E-state index in [1.54, 1.807) is 0 Å². The van der Waals surface area contributed by atoms with Gasteiger partial charge in [-0.05, 0) is 11.6 Å². The first-order chi connectivity index (χ1) is 6.74. The molecule has 1 aromatic carbocycles. The van der Waals surface area contributed by atoms with Crippen LogP contribution in [0.4, 0.5) is 0 Å². The van der Waals surface area contributed by atoms with Crippen LogP contribution < -0.4 is 0 Å². The molecule has 0 saturated carbocycles. The Balaban J connectivity index is 2.35. The van der Waals surface area contributed by atoms with Crippen LogP contribution in [0.2, 0.25) is 0 Å². The van der Waals surface area contributed by atoms with Crippen molar-refractivity contribution in [2.75, 3.05) is 11.9 Å². The molecule has 1 atom stereocenters. The van der Waals surface area contributed by atoms with E-state index < -0.39 is 6.10 Å². The van der Waals surface area contributed by atoms with Crippen molar-refractivity contribution in [2.45, 2.75) is 12.7 Å². The zero-order valence-electron chi connectivity index (χ0n) is 7.62. The number of aliphatic hydroxyl groups is 1. The maximum absolute atomic E-state index is 9.22. The van der Waals surface area contributed by atoms with Gasteiger partial charge in [0.1, 0.15) is 0 Å². The minimum absolute atomic E-state index is 0.354. The first kappa shape index (κ1) is 12.2. The molecule has 4 heteroatoms. The molecule has 0 saturated heterocycles. The van der Waals surface area contributed by atoms with Gasteiger partial charge in [-0.15, -0.1) is 0 Å². The van der Waals surface area contributed by atoms with Gasteiger partial charge in [0, 0.05) is 9.80 Å². The molecule has 0 spiro atoms. The van der Waals surface area contributed by atoms with Gasteiger partial charge in [0.15, 0.2) is 0 Å². The molecule has 0 bridgehead atoms. The molecule has 0 radical (unpaired) electrons. The molecule has 1 unspecified atom stereocenters. The number of alkyl halides is 1. The summed E-state index contributed by atoms with van der Waals surface area (Å²) in [5.74, 6) is 0. The summed E-state index contributed by atoms with van der Waals surface area (Å²) in [6, 6.07) is 7.88. The van der Waals surface area contributed by atoms with Crippen molar-refractivity contribution in [1.29, 1.82) is 0 Å². The van der Waals surface area contributed by atoms with E-state index in [-0.39, 0.29) is 0 Å². The minimum Gasteiger partial charge on any atom is -0.390 e. The van der Waals surface area contributed by atoms with E-state index in [2.05, 4.69) is 31.9 Å². The lowest BCUT2D eigenvalue weighted by Crippen LogP contribution is -2.16. The van der Waals surface area contributed by atoms with Crippen LogP contribution >= 0.6 is 31.9 Å². The Morgan fingerprint density at radius 2 is 2.07 bits per heavy atom. The first-order valence-corrected chi connectivity index (χ1v) is 6.20. The van der Waals surface area contributed by atoms with Crippen molar-refractivity contribution >= 4 is 31.9 Å². The van der Waals surface area contributed by atoms with Crippen molar-refractivity contribution in [3.63, 3.8) is 0 Å². The van der Waals surface area contributed by atoms with E-state index in [4.69, 9.17) is 4.74 Å². The van der Waals surface area contributed by atoms with Crippen LogP contribution in [0.3, 0.4) is 0 Å². The van der Waals surface area contributed by atoms with Gasteiger partial charge in [-0.1, -0.05) is 50.1 Å². The number of rotatable bonds is 5. The molecular weight excluding hydrogens is 312 g/mol. The van der Waals surface area contributed by atoms with Gasteiger partial charge in [0.2, 0.25) is 0 Å². The molecule has 1 aromatic rings. The second-order valence-electron chi connectivity index (χ2n) is 2.91. The van der Waals surface area contributed by atoms with Crippen molar-refractivity contribution in [3.8, 4) is 0 Å². The summed E-state index contributed by atoms with van der Waals surface area (Å²) < 4.78 is 6.38. The molecule has 2 nitrogen and oxygen atoms in total. The van der Waals surface area contributed by atoms with Crippen LogP contribution in [-0.2, 0) is 11.3 Å². The largest absolute Gasteiger partial charge is 0.390 e. The lowest BCUT2D eigenvalue weighted by atomic mass is 10.2. The average molecular weight is 324 g/mol. The Hall–Kier alpha value is 0.100. The summed E-state index contributed by atoms with van der Waals surface area (Å²) >= 11 is 6.61. The second kappa shape index (κ2) is 6.56. The summed E-state index contributed by atoms with van der Waals surface area (Å²) in [6.07, 6.45) is -0.433. The normalized spacial score (nSPS) is 12.8. The van der Waals surface area contributed by atoms with Crippen molar-refractivity contribution < 1.29 is 9.84 Å². The van der Waals surface area contributed by atoms with Gasteiger partial charge in [0.25, 0.3) is 0 Å². The number of benzene rings is 1. The van der Waals surface area contributed by atoms with E-state index in [0.717, 1.165) is 10.0 Å². The number of ether oxygens (including phenoxy) is 1. The third kappa shape index (κ3) is 4.09. The van der Waals surface area contributed by atoms with Crippen molar-refractivity contribution in [2.24, 2.45) is 0 Å². The van der Waals surface area contributed by atoms with E-state index in [1.165, 1.54) is 0 Å². The van der Waals surface area contributed by atoms with Crippen molar-refractivity contribution in [1.82, 2.24) is 0 Å². The monoisotopic (exact) mass is 322 g/mol. The Kier molecular flexibility index (Phi) is 5.70. The predicted octanol–water partition coefficient (Wildman–Crippen LogP) is 2.72. The van der Waals surface area contributed by atoms with Crippen LogP contribution in [0.5, 0.6) is 0 Å². The predicted molar refractivity (Wildman–Crippen MR) is 63.6 cm³/mol. The molecule has 78 valence electrons. The second-order valence-corrected chi connectivity index (χ2v) is 4.42. The molecule has 1 rings (SSSR count). The topological polar surface area (TPSA) is 29.5 Å². The highest BCUT2D eigenvalue weighted by Gasteiger charge is 2.02. The maximum Gasteiger partial charge on any atom is 0.0870 e. The standard InChI is InChI=1S/C10H12Br2O2/c11-5-9(13)7-14-6-8-3-1-2-4-10(8)12/h1-4,9,13H,5-7H2. The molecule has 0 aliphatic rings. The molecule has 0 aliphatic carbocycles. The smallest absolute Gasteiger partial charge is 0.0870 e. The van der Waals surface area contributed by atoms with Gasteiger partial charge < -0.3 is 9.84 Å². The lowest BCUT2D eigenvalue weighted by Gasteiger charge is -2.09. The van der Waals surface area contributed by atoms with Gasteiger partial charge in [-0.25, -0.2) is 0 Å². The number of aliphatic hydroxyl groups excluding tert-OH is 1. The van der Waals surface area contributed by atoms with E-state index in [9.17, 15) is 5.11 Å². The zero-order chi connectivity index (χ0) is 10.4.